The van der Waals surface area contributed by atoms with E-state index in [1.807, 2.05) is 0 Å². The van der Waals surface area contributed by atoms with Gasteiger partial charge < -0.3 is 15.0 Å². The molecule has 3 heteroatoms. The Hall–Kier alpha value is -0.120. The fourth-order valence-electron chi connectivity index (χ4n) is 3.51. The van der Waals surface area contributed by atoms with Gasteiger partial charge in [0, 0.05) is 32.8 Å². The molecule has 2 fully saturated rings. The molecule has 0 atom stereocenters. The van der Waals surface area contributed by atoms with Crippen molar-refractivity contribution in [1.29, 1.82) is 0 Å². The van der Waals surface area contributed by atoms with Crippen molar-refractivity contribution < 1.29 is 4.74 Å². The quantitative estimate of drug-likeness (QED) is 0.814. The van der Waals surface area contributed by atoms with Crippen molar-refractivity contribution in [3.05, 3.63) is 0 Å². The molecule has 1 aliphatic carbocycles. The molecule has 0 aromatic rings. The number of nitrogens with one attached hydrogen (secondary N) is 1. The smallest absolute Gasteiger partial charge is 0.0593 e. The van der Waals surface area contributed by atoms with E-state index in [0.29, 0.717) is 5.41 Å². The van der Waals surface area contributed by atoms with Gasteiger partial charge in [0.2, 0.25) is 0 Å². The number of hydrogen-bond donors (Lipinski definition) is 1. The minimum absolute atomic E-state index is 0.540. The summed E-state index contributed by atoms with van der Waals surface area (Å²) in [7, 11) is 0. The van der Waals surface area contributed by atoms with Gasteiger partial charge in [-0.25, -0.2) is 0 Å². The summed E-state index contributed by atoms with van der Waals surface area (Å²) in [5.74, 6) is 0. The maximum atomic E-state index is 5.57. The van der Waals surface area contributed by atoms with Crippen LogP contribution in [0.5, 0.6) is 0 Å². The predicted octanol–water partition coefficient (Wildman–Crippen LogP) is 2.27. The lowest BCUT2D eigenvalue weighted by Gasteiger charge is -2.41. The summed E-state index contributed by atoms with van der Waals surface area (Å²) in [5, 5.41) is 3.61. The lowest BCUT2D eigenvalue weighted by Crippen LogP contribution is -2.46. The Morgan fingerprint density at radius 2 is 1.89 bits per heavy atom. The van der Waals surface area contributed by atoms with E-state index in [1.165, 1.54) is 58.2 Å². The highest BCUT2D eigenvalue weighted by Crippen LogP contribution is 2.36. The Morgan fingerprint density at radius 3 is 2.67 bits per heavy atom. The zero-order valence-electron chi connectivity index (χ0n) is 12.0. The molecule has 1 heterocycles. The second-order valence-electron chi connectivity index (χ2n) is 6.08. The first-order valence-electron chi connectivity index (χ1n) is 7.85. The van der Waals surface area contributed by atoms with Gasteiger partial charge in [0.05, 0.1) is 6.61 Å². The molecular formula is C15H30N2O. The predicted molar refractivity (Wildman–Crippen MR) is 75.9 cm³/mol. The molecule has 1 aliphatic heterocycles. The minimum atomic E-state index is 0.540. The van der Waals surface area contributed by atoms with Gasteiger partial charge in [-0.1, -0.05) is 26.2 Å². The molecule has 0 bridgehead atoms. The Morgan fingerprint density at radius 1 is 1.06 bits per heavy atom. The lowest BCUT2D eigenvalue weighted by atomic mass is 9.73. The summed E-state index contributed by atoms with van der Waals surface area (Å²) in [6, 6.07) is 0. The van der Waals surface area contributed by atoms with Crippen LogP contribution in [0.3, 0.4) is 0 Å². The second kappa shape index (κ2) is 7.46. The van der Waals surface area contributed by atoms with Crippen molar-refractivity contribution in [3.63, 3.8) is 0 Å². The molecule has 2 aliphatic rings. The molecule has 1 saturated heterocycles. The van der Waals surface area contributed by atoms with Gasteiger partial charge in [0.1, 0.15) is 0 Å². The van der Waals surface area contributed by atoms with E-state index in [9.17, 15) is 0 Å². The van der Waals surface area contributed by atoms with Crippen LogP contribution >= 0.6 is 0 Å². The molecule has 1 N–H and O–H groups in total. The van der Waals surface area contributed by atoms with Gasteiger partial charge in [0.15, 0.2) is 0 Å². The zero-order valence-corrected chi connectivity index (χ0v) is 12.0. The monoisotopic (exact) mass is 254 g/mol. The van der Waals surface area contributed by atoms with Crippen LogP contribution in [0.2, 0.25) is 0 Å². The van der Waals surface area contributed by atoms with Crippen molar-refractivity contribution in [2.24, 2.45) is 5.41 Å². The molecule has 18 heavy (non-hydrogen) atoms. The number of hydrogen-bond acceptors (Lipinski definition) is 3. The standard InChI is InChI=1S/C15H30N2O/c1-2-16-13-15(7-4-3-5-8-15)14-17-9-6-11-18-12-10-17/h16H,2-14H2,1H3. The molecule has 0 amide bonds. The Balaban J connectivity index is 1.90. The Kier molecular flexibility index (Phi) is 5.93. The van der Waals surface area contributed by atoms with Gasteiger partial charge in [-0.2, -0.15) is 0 Å². The molecule has 0 aromatic carbocycles. The summed E-state index contributed by atoms with van der Waals surface area (Å²) in [5.41, 5.74) is 0.540. The first kappa shape index (κ1) is 14.3. The first-order chi connectivity index (χ1) is 8.85. The summed E-state index contributed by atoms with van der Waals surface area (Å²) >= 11 is 0. The van der Waals surface area contributed by atoms with Gasteiger partial charge in [-0.05, 0) is 31.2 Å². The number of nitrogens with zero attached hydrogens (tertiary/aromatic N) is 1. The van der Waals surface area contributed by atoms with Crippen LogP contribution in [0.4, 0.5) is 0 Å². The van der Waals surface area contributed by atoms with Crippen molar-refractivity contribution in [1.82, 2.24) is 10.2 Å². The summed E-state index contributed by atoms with van der Waals surface area (Å²) in [6.45, 7) is 10.1. The van der Waals surface area contributed by atoms with Gasteiger partial charge >= 0.3 is 0 Å². The first-order valence-corrected chi connectivity index (χ1v) is 7.85. The highest BCUT2D eigenvalue weighted by atomic mass is 16.5. The third-order valence-corrected chi connectivity index (χ3v) is 4.54. The van der Waals surface area contributed by atoms with Gasteiger partial charge in [-0.3, -0.25) is 0 Å². The highest BCUT2D eigenvalue weighted by Gasteiger charge is 2.33. The molecular weight excluding hydrogens is 224 g/mol. The summed E-state index contributed by atoms with van der Waals surface area (Å²) in [4.78, 5) is 2.65. The highest BCUT2D eigenvalue weighted by molar-refractivity contribution is 4.88. The summed E-state index contributed by atoms with van der Waals surface area (Å²) < 4.78 is 5.57. The van der Waals surface area contributed by atoms with Gasteiger partial charge in [0.25, 0.3) is 0 Å². The molecule has 2 rings (SSSR count). The fraction of sp³-hybridized carbons (Fsp3) is 1.00. The van der Waals surface area contributed by atoms with Crippen molar-refractivity contribution >= 4 is 0 Å². The van der Waals surface area contributed by atoms with Crippen LogP contribution < -0.4 is 5.32 Å². The van der Waals surface area contributed by atoms with E-state index >= 15 is 0 Å². The van der Waals surface area contributed by atoms with Crippen LogP contribution in [0.1, 0.15) is 45.4 Å². The molecule has 106 valence electrons. The van der Waals surface area contributed by atoms with E-state index in [1.54, 1.807) is 0 Å². The molecule has 1 saturated carbocycles. The maximum absolute atomic E-state index is 5.57. The third kappa shape index (κ3) is 4.22. The molecule has 0 unspecified atom stereocenters. The lowest BCUT2D eigenvalue weighted by molar-refractivity contribution is 0.0943. The van der Waals surface area contributed by atoms with Crippen molar-refractivity contribution in [2.45, 2.75) is 45.4 Å². The number of rotatable bonds is 5. The van der Waals surface area contributed by atoms with Crippen molar-refractivity contribution in [2.75, 3.05) is 45.9 Å². The fourth-order valence-corrected chi connectivity index (χ4v) is 3.51. The Bertz CT molecular complexity index is 219. The van der Waals surface area contributed by atoms with Crippen LogP contribution in [0.15, 0.2) is 0 Å². The van der Waals surface area contributed by atoms with Crippen LogP contribution in [-0.2, 0) is 4.74 Å². The van der Waals surface area contributed by atoms with Gasteiger partial charge in [-0.15, -0.1) is 0 Å². The molecule has 0 radical (unpaired) electrons. The van der Waals surface area contributed by atoms with Crippen LogP contribution in [0.25, 0.3) is 0 Å². The van der Waals surface area contributed by atoms with Crippen LogP contribution in [0, 0.1) is 5.41 Å². The van der Waals surface area contributed by atoms with E-state index < -0.39 is 0 Å². The normalized spacial score (nSPS) is 25.8. The molecule has 0 aromatic heterocycles. The largest absolute Gasteiger partial charge is 0.380 e. The van der Waals surface area contributed by atoms with E-state index in [2.05, 4.69) is 17.1 Å². The van der Waals surface area contributed by atoms with Crippen LogP contribution in [-0.4, -0.2) is 50.8 Å². The van der Waals surface area contributed by atoms with E-state index in [0.717, 1.165) is 26.3 Å². The zero-order chi connectivity index (χ0) is 12.7. The second-order valence-corrected chi connectivity index (χ2v) is 6.08. The van der Waals surface area contributed by atoms with E-state index in [-0.39, 0.29) is 0 Å². The molecule has 0 spiro atoms. The minimum Gasteiger partial charge on any atom is -0.380 e. The van der Waals surface area contributed by atoms with E-state index in [4.69, 9.17) is 4.74 Å². The SMILES string of the molecule is CCNCC1(CN2CCCOCC2)CCCCC1. The molecule has 3 nitrogen and oxygen atoms in total. The maximum Gasteiger partial charge on any atom is 0.0593 e. The number of ether oxygens (including phenoxy) is 1. The topological polar surface area (TPSA) is 24.5 Å². The van der Waals surface area contributed by atoms with Crippen molar-refractivity contribution in [3.8, 4) is 0 Å². The Labute approximate surface area is 112 Å². The third-order valence-electron chi connectivity index (χ3n) is 4.54. The average Bonchev–Trinajstić information content (AvgIpc) is 2.66. The summed E-state index contributed by atoms with van der Waals surface area (Å²) in [6.07, 6.45) is 8.33. The average molecular weight is 254 g/mol.